The highest BCUT2D eigenvalue weighted by atomic mass is 32.2. The molecule has 0 aliphatic heterocycles. The third kappa shape index (κ3) is 2.26. The normalized spacial score (nSPS) is 10.8. The molecule has 0 fully saturated rings. The second kappa shape index (κ2) is 3.54. The fraction of sp³-hybridized carbons (Fsp3) is 0.125. The van der Waals surface area contributed by atoms with Crippen LogP contribution in [0.25, 0.3) is 0 Å². The summed E-state index contributed by atoms with van der Waals surface area (Å²) < 4.78 is 34.8. The Labute approximate surface area is 75.3 Å². The third-order valence-electron chi connectivity index (χ3n) is 1.43. The van der Waals surface area contributed by atoms with Gasteiger partial charge in [0.25, 0.3) is 0 Å². The SMILES string of the molecule is N#CCS(=O)(=O)c1ccc(F)cc1. The van der Waals surface area contributed by atoms with E-state index in [2.05, 4.69) is 0 Å². The van der Waals surface area contributed by atoms with Crippen molar-refractivity contribution in [1.29, 1.82) is 5.26 Å². The highest BCUT2D eigenvalue weighted by molar-refractivity contribution is 7.91. The van der Waals surface area contributed by atoms with Gasteiger partial charge in [-0.1, -0.05) is 0 Å². The minimum atomic E-state index is -3.55. The quantitative estimate of drug-likeness (QED) is 0.670. The van der Waals surface area contributed by atoms with Crippen LogP contribution in [0, 0.1) is 17.1 Å². The first-order chi connectivity index (χ1) is 6.06. The van der Waals surface area contributed by atoms with Crippen molar-refractivity contribution in [3.8, 4) is 6.07 Å². The number of nitriles is 1. The summed E-state index contributed by atoms with van der Waals surface area (Å²) in [7, 11) is -3.55. The van der Waals surface area contributed by atoms with Crippen LogP contribution >= 0.6 is 0 Å². The third-order valence-corrected chi connectivity index (χ3v) is 2.93. The van der Waals surface area contributed by atoms with E-state index < -0.39 is 21.4 Å². The van der Waals surface area contributed by atoms with Crippen LogP contribution in [0.1, 0.15) is 0 Å². The molecule has 0 atom stereocenters. The maximum atomic E-state index is 12.4. The molecular formula is C8H6FNO2S. The molecule has 0 aliphatic carbocycles. The Morgan fingerprint density at radius 2 is 1.85 bits per heavy atom. The van der Waals surface area contributed by atoms with E-state index in [-0.39, 0.29) is 4.90 Å². The highest BCUT2D eigenvalue weighted by Crippen LogP contribution is 2.10. The molecule has 5 heteroatoms. The lowest BCUT2D eigenvalue weighted by molar-refractivity contribution is 0.598. The zero-order valence-electron chi connectivity index (χ0n) is 6.57. The Balaban J connectivity index is 3.11. The monoisotopic (exact) mass is 199 g/mol. The van der Waals surface area contributed by atoms with Crippen molar-refractivity contribution >= 4 is 9.84 Å². The smallest absolute Gasteiger partial charge is 0.191 e. The Hall–Kier alpha value is -1.41. The van der Waals surface area contributed by atoms with Crippen LogP contribution in [0.5, 0.6) is 0 Å². The van der Waals surface area contributed by atoms with Crippen LogP contribution in [-0.2, 0) is 9.84 Å². The lowest BCUT2D eigenvalue weighted by Gasteiger charge is -1.98. The molecule has 0 heterocycles. The van der Waals surface area contributed by atoms with E-state index in [0.29, 0.717) is 0 Å². The first kappa shape index (κ1) is 9.68. The minimum Gasteiger partial charge on any atom is -0.223 e. The maximum Gasteiger partial charge on any atom is 0.191 e. The molecule has 0 N–H and O–H groups in total. The Kier molecular flexibility index (Phi) is 2.63. The molecular weight excluding hydrogens is 193 g/mol. The van der Waals surface area contributed by atoms with Gasteiger partial charge in [0, 0.05) is 0 Å². The van der Waals surface area contributed by atoms with Gasteiger partial charge in [0.1, 0.15) is 11.6 Å². The number of hydrogen-bond donors (Lipinski definition) is 0. The molecule has 0 saturated carbocycles. The van der Waals surface area contributed by atoms with Crippen LogP contribution < -0.4 is 0 Å². The van der Waals surface area contributed by atoms with Crippen molar-refractivity contribution in [1.82, 2.24) is 0 Å². The number of rotatable bonds is 2. The van der Waals surface area contributed by atoms with Gasteiger partial charge >= 0.3 is 0 Å². The maximum absolute atomic E-state index is 12.4. The number of halogens is 1. The second-order valence-corrected chi connectivity index (χ2v) is 4.36. The van der Waals surface area contributed by atoms with Gasteiger partial charge in [0.2, 0.25) is 0 Å². The van der Waals surface area contributed by atoms with Crippen molar-refractivity contribution < 1.29 is 12.8 Å². The first-order valence-corrected chi connectivity index (χ1v) is 5.07. The average molecular weight is 199 g/mol. The molecule has 13 heavy (non-hydrogen) atoms. The molecule has 3 nitrogen and oxygen atoms in total. The van der Waals surface area contributed by atoms with Crippen LogP contribution in [0.4, 0.5) is 4.39 Å². The first-order valence-electron chi connectivity index (χ1n) is 3.41. The number of hydrogen-bond acceptors (Lipinski definition) is 3. The Morgan fingerprint density at radius 3 is 2.31 bits per heavy atom. The van der Waals surface area contributed by atoms with E-state index in [1.54, 1.807) is 0 Å². The molecule has 1 rings (SSSR count). The van der Waals surface area contributed by atoms with Gasteiger partial charge in [-0.25, -0.2) is 12.8 Å². The molecule has 1 aromatic carbocycles. The summed E-state index contributed by atoms with van der Waals surface area (Å²) in [5, 5.41) is 8.21. The van der Waals surface area contributed by atoms with Crippen LogP contribution in [0.15, 0.2) is 29.2 Å². The molecule has 0 radical (unpaired) electrons. The van der Waals surface area contributed by atoms with Gasteiger partial charge in [-0.05, 0) is 24.3 Å². The zero-order valence-corrected chi connectivity index (χ0v) is 7.38. The van der Waals surface area contributed by atoms with E-state index in [4.69, 9.17) is 5.26 Å². The summed E-state index contributed by atoms with van der Waals surface area (Å²) >= 11 is 0. The Bertz CT molecular complexity index is 430. The topological polar surface area (TPSA) is 57.9 Å². The average Bonchev–Trinajstić information content (AvgIpc) is 2.05. The van der Waals surface area contributed by atoms with Gasteiger partial charge in [-0.2, -0.15) is 5.26 Å². The lowest BCUT2D eigenvalue weighted by Crippen LogP contribution is -2.04. The molecule has 0 spiro atoms. The molecule has 0 unspecified atom stereocenters. The van der Waals surface area contributed by atoms with Crippen LogP contribution in [0.3, 0.4) is 0 Å². The summed E-state index contributed by atoms with van der Waals surface area (Å²) in [6, 6.07) is 5.91. The zero-order chi connectivity index (χ0) is 9.90. The van der Waals surface area contributed by atoms with Crippen LogP contribution in [-0.4, -0.2) is 14.2 Å². The molecule has 0 amide bonds. The van der Waals surface area contributed by atoms with E-state index in [1.165, 1.54) is 6.07 Å². The van der Waals surface area contributed by atoms with Gasteiger partial charge < -0.3 is 0 Å². The van der Waals surface area contributed by atoms with E-state index in [0.717, 1.165) is 24.3 Å². The Morgan fingerprint density at radius 1 is 1.31 bits per heavy atom. The predicted octanol–water partition coefficient (Wildman–Crippen LogP) is 1.12. The fourth-order valence-electron chi connectivity index (χ4n) is 0.810. The van der Waals surface area contributed by atoms with Gasteiger partial charge in [0.05, 0.1) is 11.0 Å². The van der Waals surface area contributed by atoms with E-state index in [1.807, 2.05) is 0 Å². The van der Waals surface area contributed by atoms with Crippen molar-refractivity contribution in [2.45, 2.75) is 4.90 Å². The molecule has 0 aliphatic rings. The standard InChI is InChI=1S/C8H6FNO2S/c9-7-1-3-8(4-2-7)13(11,12)6-5-10/h1-4H,6H2. The number of nitrogens with zero attached hydrogens (tertiary/aromatic N) is 1. The predicted molar refractivity (Wildman–Crippen MR) is 44.1 cm³/mol. The van der Waals surface area contributed by atoms with Gasteiger partial charge in [-0.15, -0.1) is 0 Å². The molecule has 0 bridgehead atoms. The number of benzene rings is 1. The molecule has 0 aromatic heterocycles. The van der Waals surface area contributed by atoms with Crippen molar-refractivity contribution in [2.24, 2.45) is 0 Å². The summed E-state index contributed by atoms with van der Waals surface area (Å²) in [4.78, 5) is -0.0320. The highest BCUT2D eigenvalue weighted by Gasteiger charge is 2.12. The van der Waals surface area contributed by atoms with E-state index >= 15 is 0 Å². The van der Waals surface area contributed by atoms with Crippen LogP contribution in [0.2, 0.25) is 0 Å². The fourth-order valence-corrected chi connectivity index (χ4v) is 1.70. The molecule has 68 valence electrons. The second-order valence-electron chi connectivity index (χ2n) is 2.37. The minimum absolute atomic E-state index is 0.0320. The lowest BCUT2D eigenvalue weighted by atomic mass is 10.4. The summed E-state index contributed by atoms with van der Waals surface area (Å²) in [6.45, 7) is 0. The van der Waals surface area contributed by atoms with Gasteiger partial charge in [-0.3, -0.25) is 0 Å². The van der Waals surface area contributed by atoms with Gasteiger partial charge in [0.15, 0.2) is 9.84 Å². The van der Waals surface area contributed by atoms with Crippen molar-refractivity contribution in [2.75, 3.05) is 5.75 Å². The summed E-state index contributed by atoms with van der Waals surface area (Å²) in [5.41, 5.74) is 0. The van der Waals surface area contributed by atoms with Crippen molar-refractivity contribution in [3.63, 3.8) is 0 Å². The largest absolute Gasteiger partial charge is 0.223 e. The summed E-state index contributed by atoms with van der Waals surface area (Å²) in [5.74, 6) is -1.09. The van der Waals surface area contributed by atoms with E-state index in [9.17, 15) is 12.8 Å². The van der Waals surface area contributed by atoms with Crippen molar-refractivity contribution in [3.05, 3.63) is 30.1 Å². The number of sulfone groups is 1. The molecule has 1 aromatic rings. The molecule has 0 saturated heterocycles. The summed E-state index contributed by atoms with van der Waals surface area (Å²) in [6.07, 6.45) is 0.